The molecule has 1 aromatic rings. The number of piperidine rings is 1. The van der Waals surface area contributed by atoms with Crippen molar-refractivity contribution in [3.05, 3.63) is 28.8 Å². The number of rotatable bonds is 3. The monoisotopic (exact) mass is 336 g/mol. The van der Waals surface area contributed by atoms with Crippen LogP contribution in [0.3, 0.4) is 0 Å². The second-order valence-electron chi connectivity index (χ2n) is 6.40. The average molecular weight is 337 g/mol. The van der Waals surface area contributed by atoms with Gasteiger partial charge in [-0.05, 0) is 48.9 Å². The highest BCUT2D eigenvalue weighted by Crippen LogP contribution is 2.31. The SMILES string of the molecule is NC(=O)CC1CCN(C(=O)C2COc3ccc(Cl)cc3C2)CC1. The molecule has 2 amide bonds. The van der Waals surface area contributed by atoms with Crippen LogP contribution in [-0.2, 0) is 16.0 Å². The summed E-state index contributed by atoms with van der Waals surface area (Å²) >= 11 is 6.02. The van der Waals surface area contributed by atoms with Crippen molar-refractivity contribution < 1.29 is 14.3 Å². The van der Waals surface area contributed by atoms with Crippen molar-refractivity contribution in [3.8, 4) is 5.75 Å². The van der Waals surface area contributed by atoms with Crippen LogP contribution in [-0.4, -0.2) is 36.4 Å². The Balaban J connectivity index is 1.58. The maximum Gasteiger partial charge on any atom is 0.229 e. The minimum Gasteiger partial charge on any atom is -0.492 e. The molecule has 1 atom stereocenters. The topological polar surface area (TPSA) is 72.6 Å². The van der Waals surface area contributed by atoms with Crippen molar-refractivity contribution in [2.24, 2.45) is 17.6 Å². The van der Waals surface area contributed by atoms with E-state index in [1.807, 2.05) is 17.0 Å². The molecule has 0 spiro atoms. The smallest absolute Gasteiger partial charge is 0.229 e. The van der Waals surface area contributed by atoms with Crippen LogP contribution < -0.4 is 10.5 Å². The fraction of sp³-hybridized carbons (Fsp3) is 0.529. The number of nitrogens with two attached hydrogens (primary N) is 1. The van der Waals surface area contributed by atoms with Gasteiger partial charge in [0.2, 0.25) is 11.8 Å². The summed E-state index contributed by atoms with van der Waals surface area (Å²) in [5.41, 5.74) is 6.24. The summed E-state index contributed by atoms with van der Waals surface area (Å²) in [5.74, 6) is 0.836. The summed E-state index contributed by atoms with van der Waals surface area (Å²) in [6, 6.07) is 5.52. The fourth-order valence-corrected chi connectivity index (χ4v) is 3.62. The second kappa shape index (κ2) is 6.79. The van der Waals surface area contributed by atoms with E-state index < -0.39 is 0 Å². The summed E-state index contributed by atoms with van der Waals surface area (Å²) in [4.78, 5) is 25.6. The van der Waals surface area contributed by atoms with Crippen molar-refractivity contribution in [2.45, 2.75) is 25.7 Å². The van der Waals surface area contributed by atoms with Gasteiger partial charge in [-0.15, -0.1) is 0 Å². The number of primary amides is 1. The van der Waals surface area contributed by atoms with Gasteiger partial charge >= 0.3 is 0 Å². The van der Waals surface area contributed by atoms with Crippen LogP contribution >= 0.6 is 11.6 Å². The van der Waals surface area contributed by atoms with Crippen molar-refractivity contribution >= 4 is 23.4 Å². The first-order valence-electron chi connectivity index (χ1n) is 8.01. The Labute approximate surface area is 140 Å². The fourth-order valence-electron chi connectivity index (χ4n) is 3.42. The normalized spacial score (nSPS) is 21.4. The zero-order valence-corrected chi connectivity index (χ0v) is 13.7. The van der Waals surface area contributed by atoms with Crippen LogP contribution in [0.4, 0.5) is 0 Å². The molecule has 0 aliphatic carbocycles. The molecule has 1 aromatic carbocycles. The highest BCUT2D eigenvalue weighted by molar-refractivity contribution is 6.30. The van der Waals surface area contributed by atoms with E-state index >= 15 is 0 Å². The van der Waals surface area contributed by atoms with Crippen molar-refractivity contribution in [1.29, 1.82) is 0 Å². The number of amides is 2. The lowest BCUT2D eigenvalue weighted by atomic mass is 9.91. The van der Waals surface area contributed by atoms with Gasteiger partial charge in [-0.2, -0.15) is 0 Å². The van der Waals surface area contributed by atoms with Gasteiger partial charge in [0.25, 0.3) is 0 Å². The molecule has 2 heterocycles. The summed E-state index contributed by atoms with van der Waals surface area (Å²) < 4.78 is 5.71. The predicted molar refractivity (Wildman–Crippen MR) is 87.3 cm³/mol. The summed E-state index contributed by atoms with van der Waals surface area (Å²) in [5, 5.41) is 0.660. The molecule has 1 unspecified atom stereocenters. The van der Waals surface area contributed by atoms with Gasteiger partial charge in [-0.1, -0.05) is 11.6 Å². The Hall–Kier alpha value is -1.75. The van der Waals surface area contributed by atoms with Gasteiger partial charge in [0.05, 0.1) is 5.92 Å². The molecule has 1 fully saturated rings. The van der Waals surface area contributed by atoms with E-state index in [1.54, 1.807) is 6.07 Å². The van der Waals surface area contributed by atoms with Crippen LogP contribution in [0.1, 0.15) is 24.8 Å². The largest absolute Gasteiger partial charge is 0.492 e. The number of carbonyl (C=O) groups is 2. The zero-order chi connectivity index (χ0) is 16.4. The first-order chi connectivity index (χ1) is 11.0. The lowest BCUT2D eigenvalue weighted by Crippen LogP contribution is -2.45. The van der Waals surface area contributed by atoms with E-state index in [2.05, 4.69) is 0 Å². The molecule has 0 bridgehead atoms. The Morgan fingerprint density at radius 2 is 2.04 bits per heavy atom. The molecule has 3 rings (SSSR count). The first kappa shape index (κ1) is 16.1. The quantitative estimate of drug-likeness (QED) is 0.917. The maximum absolute atomic E-state index is 12.7. The first-order valence-corrected chi connectivity index (χ1v) is 8.39. The molecule has 23 heavy (non-hydrogen) atoms. The standard InChI is InChI=1S/C17H21ClN2O3/c18-14-1-2-15-12(9-14)8-13(10-23-15)17(22)20-5-3-11(4-6-20)7-16(19)21/h1-2,9,11,13H,3-8,10H2,(H2,19,21). The Bertz CT molecular complexity index is 612. The molecule has 6 heteroatoms. The molecule has 0 radical (unpaired) electrons. The number of likely N-dealkylation sites (tertiary alicyclic amines) is 1. The minimum absolute atomic E-state index is 0.133. The van der Waals surface area contributed by atoms with Crippen molar-refractivity contribution in [1.82, 2.24) is 4.90 Å². The van der Waals surface area contributed by atoms with E-state index in [0.717, 1.165) is 24.2 Å². The average Bonchev–Trinajstić information content (AvgIpc) is 2.53. The molecule has 0 aromatic heterocycles. The van der Waals surface area contributed by atoms with E-state index in [4.69, 9.17) is 22.1 Å². The zero-order valence-electron chi connectivity index (χ0n) is 13.0. The summed E-state index contributed by atoms with van der Waals surface area (Å²) in [7, 11) is 0. The van der Waals surface area contributed by atoms with Crippen LogP contribution in [0.25, 0.3) is 0 Å². The number of halogens is 1. The second-order valence-corrected chi connectivity index (χ2v) is 6.84. The molecule has 2 aliphatic rings. The number of nitrogens with zero attached hydrogens (tertiary/aromatic N) is 1. The summed E-state index contributed by atoms with van der Waals surface area (Å²) in [6.07, 6.45) is 2.76. The van der Waals surface area contributed by atoms with Crippen LogP contribution in [0.2, 0.25) is 5.02 Å². The van der Waals surface area contributed by atoms with Crippen LogP contribution in [0, 0.1) is 11.8 Å². The number of hydrogen-bond acceptors (Lipinski definition) is 3. The number of carbonyl (C=O) groups excluding carboxylic acids is 2. The van der Waals surface area contributed by atoms with Gasteiger partial charge in [0.1, 0.15) is 12.4 Å². The summed E-state index contributed by atoms with van der Waals surface area (Å²) in [6.45, 7) is 1.79. The minimum atomic E-state index is -0.260. The van der Waals surface area contributed by atoms with Crippen molar-refractivity contribution in [3.63, 3.8) is 0 Å². The van der Waals surface area contributed by atoms with Crippen LogP contribution in [0.15, 0.2) is 18.2 Å². The molecule has 124 valence electrons. The molecular formula is C17H21ClN2O3. The Morgan fingerprint density at radius 1 is 1.30 bits per heavy atom. The van der Waals surface area contributed by atoms with E-state index in [-0.39, 0.29) is 17.7 Å². The third-order valence-corrected chi connectivity index (χ3v) is 4.93. The predicted octanol–water partition coefficient (Wildman–Crippen LogP) is 2.01. The molecule has 1 saturated heterocycles. The molecule has 0 saturated carbocycles. The molecule has 2 aliphatic heterocycles. The van der Waals surface area contributed by atoms with Gasteiger partial charge in [-0.3, -0.25) is 9.59 Å². The van der Waals surface area contributed by atoms with E-state index in [1.165, 1.54) is 0 Å². The number of fused-ring (bicyclic) bond motifs is 1. The highest BCUT2D eigenvalue weighted by atomic mass is 35.5. The third kappa shape index (κ3) is 3.78. The Morgan fingerprint density at radius 3 is 2.74 bits per heavy atom. The molecule has 5 nitrogen and oxygen atoms in total. The highest BCUT2D eigenvalue weighted by Gasteiger charge is 2.32. The van der Waals surface area contributed by atoms with E-state index in [0.29, 0.717) is 43.5 Å². The van der Waals surface area contributed by atoms with Gasteiger partial charge in [0.15, 0.2) is 0 Å². The molecule has 2 N–H and O–H groups in total. The van der Waals surface area contributed by atoms with Crippen LogP contribution in [0.5, 0.6) is 5.75 Å². The number of ether oxygens (including phenoxy) is 1. The van der Waals surface area contributed by atoms with Crippen molar-refractivity contribution in [2.75, 3.05) is 19.7 Å². The lowest BCUT2D eigenvalue weighted by molar-refractivity contribution is -0.138. The van der Waals surface area contributed by atoms with Gasteiger partial charge in [-0.25, -0.2) is 0 Å². The molecular weight excluding hydrogens is 316 g/mol. The number of hydrogen-bond donors (Lipinski definition) is 1. The maximum atomic E-state index is 12.7. The number of benzene rings is 1. The van der Waals surface area contributed by atoms with E-state index in [9.17, 15) is 9.59 Å². The van der Waals surface area contributed by atoms with Gasteiger partial charge in [0, 0.05) is 24.5 Å². The lowest BCUT2D eigenvalue weighted by Gasteiger charge is -2.35. The van der Waals surface area contributed by atoms with Gasteiger partial charge < -0.3 is 15.4 Å². The Kier molecular flexibility index (Phi) is 4.76. The third-order valence-electron chi connectivity index (χ3n) is 4.69.